The molecule has 0 aliphatic rings. The molecule has 12 heteroatoms. The van der Waals surface area contributed by atoms with E-state index in [0.29, 0.717) is 22.2 Å². The summed E-state index contributed by atoms with van der Waals surface area (Å²) in [6.07, 6.45) is 3.35. The van der Waals surface area contributed by atoms with E-state index in [2.05, 4.69) is 25.9 Å². The molecule has 1 N–H and O–H groups in total. The van der Waals surface area contributed by atoms with Gasteiger partial charge in [-0.2, -0.15) is 9.78 Å². The normalized spacial score (nSPS) is 11.1. The average Bonchev–Trinajstić information content (AvgIpc) is 3.47. The smallest absolute Gasteiger partial charge is 0.297 e. The lowest BCUT2D eigenvalue weighted by Gasteiger charge is -2.07. The lowest BCUT2D eigenvalue weighted by molar-refractivity contribution is -0.113. The van der Waals surface area contributed by atoms with Crippen molar-refractivity contribution >= 4 is 23.4 Å². The maximum Gasteiger partial charge on any atom is 0.297 e. The molecule has 4 rings (SSSR count). The second-order valence-electron chi connectivity index (χ2n) is 6.70. The molecule has 0 spiro atoms. The maximum atomic E-state index is 13.2. The first-order chi connectivity index (χ1) is 15.0. The standard InChI is InChI=1S/C19H21N9O2S/c1-4-26-11-14(10-20-26)21-16(29)12-31-19-22-23-24-27(19)17-13(2)25(3)28(18(17)30)15-8-6-5-7-9-15/h5-11H,4,12H2,1-3H3,(H,21,29). The van der Waals surface area contributed by atoms with Crippen molar-refractivity contribution in [2.75, 3.05) is 11.1 Å². The minimum absolute atomic E-state index is 0.0798. The first kappa shape index (κ1) is 20.6. The number of carbonyl (C=O) groups is 1. The highest BCUT2D eigenvalue weighted by atomic mass is 32.2. The van der Waals surface area contributed by atoms with Crippen molar-refractivity contribution in [1.29, 1.82) is 0 Å². The number of para-hydroxylation sites is 1. The highest BCUT2D eigenvalue weighted by Crippen LogP contribution is 2.20. The number of carbonyl (C=O) groups excluding carboxylic acids is 1. The van der Waals surface area contributed by atoms with E-state index in [0.717, 1.165) is 24.0 Å². The Morgan fingerprint density at radius 1 is 1.23 bits per heavy atom. The third-order valence-corrected chi connectivity index (χ3v) is 5.67. The fraction of sp³-hybridized carbons (Fsp3) is 0.263. The Kier molecular flexibility index (Phi) is 5.71. The summed E-state index contributed by atoms with van der Waals surface area (Å²) in [7, 11) is 1.80. The molecule has 0 saturated heterocycles. The van der Waals surface area contributed by atoms with E-state index in [1.54, 1.807) is 33.5 Å². The molecule has 0 aliphatic heterocycles. The second kappa shape index (κ2) is 8.60. The number of nitrogens with one attached hydrogen (secondary N) is 1. The Morgan fingerprint density at radius 3 is 2.71 bits per heavy atom. The summed E-state index contributed by atoms with van der Waals surface area (Å²) < 4.78 is 6.41. The van der Waals surface area contributed by atoms with Crippen LogP contribution in [0.2, 0.25) is 0 Å². The van der Waals surface area contributed by atoms with Gasteiger partial charge in [-0.25, -0.2) is 4.68 Å². The zero-order valence-corrected chi connectivity index (χ0v) is 18.1. The lowest BCUT2D eigenvalue weighted by atomic mass is 10.3. The van der Waals surface area contributed by atoms with Gasteiger partial charge in [0.05, 0.1) is 29.0 Å². The van der Waals surface area contributed by atoms with Gasteiger partial charge in [0.25, 0.3) is 5.56 Å². The number of hydrogen-bond donors (Lipinski definition) is 1. The predicted octanol–water partition coefficient (Wildman–Crippen LogP) is 1.41. The Balaban J connectivity index is 1.56. The predicted molar refractivity (Wildman–Crippen MR) is 116 cm³/mol. The van der Waals surface area contributed by atoms with Gasteiger partial charge in [-0.1, -0.05) is 30.0 Å². The minimum atomic E-state index is -0.253. The van der Waals surface area contributed by atoms with E-state index in [9.17, 15) is 9.59 Å². The van der Waals surface area contributed by atoms with Crippen LogP contribution in [0.3, 0.4) is 0 Å². The molecule has 1 aromatic carbocycles. The van der Waals surface area contributed by atoms with Crippen LogP contribution in [0, 0.1) is 6.92 Å². The summed E-state index contributed by atoms with van der Waals surface area (Å²) in [4.78, 5) is 25.5. The van der Waals surface area contributed by atoms with Gasteiger partial charge in [-0.05, 0) is 36.4 Å². The summed E-state index contributed by atoms with van der Waals surface area (Å²) in [5.41, 5.74) is 2.13. The molecule has 31 heavy (non-hydrogen) atoms. The highest BCUT2D eigenvalue weighted by molar-refractivity contribution is 7.99. The fourth-order valence-electron chi connectivity index (χ4n) is 3.14. The number of tetrazole rings is 1. The van der Waals surface area contributed by atoms with Gasteiger partial charge < -0.3 is 5.32 Å². The molecule has 160 valence electrons. The number of anilines is 1. The zero-order chi connectivity index (χ0) is 22.0. The molecule has 0 radical (unpaired) electrons. The molecule has 0 aliphatic carbocycles. The number of benzene rings is 1. The molecule has 0 fully saturated rings. The molecular formula is C19H21N9O2S. The van der Waals surface area contributed by atoms with Crippen LogP contribution in [0.25, 0.3) is 11.4 Å². The van der Waals surface area contributed by atoms with Crippen molar-refractivity contribution in [1.82, 2.24) is 39.4 Å². The topological polar surface area (TPSA) is 117 Å². The summed E-state index contributed by atoms with van der Waals surface area (Å²) in [5.74, 6) is -0.141. The van der Waals surface area contributed by atoms with Crippen molar-refractivity contribution in [3.05, 3.63) is 58.8 Å². The van der Waals surface area contributed by atoms with E-state index in [-0.39, 0.29) is 17.2 Å². The number of nitrogens with zero attached hydrogens (tertiary/aromatic N) is 8. The van der Waals surface area contributed by atoms with Crippen molar-refractivity contribution in [3.8, 4) is 11.4 Å². The number of rotatable bonds is 7. The molecule has 0 bridgehead atoms. The second-order valence-corrected chi connectivity index (χ2v) is 7.65. The van der Waals surface area contributed by atoms with Gasteiger partial charge in [0.15, 0.2) is 5.69 Å². The first-order valence-corrected chi connectivity index (χ1v) is 10.6. The van der Waals surface area contributed by atoms with E-state index in [1.807, 2.05) is 44.2 Å². The number of thioether (sulfide) groups is 1. The van der Waals surface area contributed by atoms with Crippen molar-refractivity contribution in [3.63, 3.8) is 0 Å². The van der Waals surface area contributed by atoms with Crippen molar-refractivity contribution in [2.45, 2.75) is 25.5 Å². The molecular weight excluding hydrogens is 418 g/mol. The molecule has 0 atom stereocenters. The van der Waals surface area contributed by atoms with Gasteiger partial charge >= 0.3 is 0 Å². The summed E-state index contributed by atoms with van der Waals surface area (Å²) in [5, 5.41) is 19.0. The van der Waals surface area contributed by atoms with Crippen LogP contribution in [-0.2, 0) is 18.4 Å². The summed E-state index contributed by atoms with van der Waals surface area (Å²) in [6.45, 7) is 4.51. The SMILES string of the molecule is CCn1cc(NC(=O)CSc2nnnn2-c2c(C)n(C)n(-c3ccccc3)c2=O)cn1. The third-order valence-electron chi connectivity index (χ3n) is 4.75. The van der Waals surface area contributed by atoms with E-state index >= 15 is 0 Å². The monoisotopic (exact) mass is 439 g/mol. The molecule has 3 heterocycles. The number of aromatic nitrogens is 8. The first-order valence-electron chi connectivity index (χ1n) is 9.57. The molecule has 4 aromatic rings. The van der Waals surface area contributed by atoms with Gasteiger partial charge in [-0.3, -0.25) is 19.0 Å². The quantitative estimate of drug-likeness (QED) is 0.433. The van der Waals surface area contributed by atoms with Crippen LogP contribution < -0.4 is 10.9 Å². The Labute approximate surface area is 181 Å². The van der Waals surface area contributed by atoms with E-state index < -0.39 is 0 Å². The maximum absolute atomic E-state index is 13.2. The summed E-state index contributed by atoms with van der Waals surface area (Å²) >= 11 is 1.15. The molecule has 3 aromatic heterocycles. The highest BCUT2D eigenvalue weighted by Gasteiger charge is 2.22. The van der Waals surface area contributed by atoms with E-state index in [1.165, 1.54) is 4.68 Å². The lowest BCUT2D eigenvalue weighted by Crippen LogP contribution is -2.22. The zero-order valence-electron chi connectivity index (χ0n) is 17.3. The minimum Gasteiger partial charge on any atom is -0.323 e. The number of hydrogen-bond acceptors (Lipinski definition) is 7. The van der Waals surface area contributed by atoms with Crippen molar-refractivity contribution in [2.24, 2.45) is 7.05 Å². The van der Waals surface area contributed by atoms with Gasteiger partial charge in [-0.15, -0.1) is 5.10 Å². The van der Waals surface area contributed by atoms with Crippen LogP contribution in [0.1, 0.15) is 12.6 Å². The average molecular weight is 440 g/mol. The van der Waals surface area contributed by atoms with Crippen LogP contribution >= 0.6 is 11.8 Å². The largest absolute Gasteiger partial charge is 0.323 e. The molecule has 1 amide bonds. The Bertz CT molecular complexity index is 1270. The van der Waals surface area contributed by atoms with Crippen LogP contribution in [0.5, 0.6) is 0 Å². The molecule has 0 saturated carbocycles. The molecule has 11 nitrogen and oxygen atoms in total. The number of aryl methyl sites for hydroxylation is 1. The number of amides is 1. The van der Waals surface area contributed by atoms with Crippen LogP contribution in [0.4, 0.5) is 5.69 Å². The van der Waals surface area contributed by atoms with Crippen LogP contribution in [-0.4, -0.2) is 51.0 Å². The molecule has 0 unspecified atom stereocenters. The third kappa shape index (κ3) is 4.01. The fourth-order valence-corrected chi connectivity index (χ4v) is 3.81. The Morgan fingerprint density at radius 2 is 2.00 bits per heavy atom. The Hall–Kier alpha value is -3.67. The van der Waals surface area contributed by atoms with Crippen LogP contribution in [0.15, 0.2) is 52.7 Å². The van der Waals surface area contributed by atoms with Gasteiger partial charge in [0, 0.05) is 19.8 Å². The van der Waals surface area contributed by atoms with E-state index in [4.69, 9.17) is 0 Å². The van der Waals surface area contributed by atoms with Crippen molar-refractivity contribution < 1.29 is 4.79 Å². The summed E-state index contributed by atoms with van der Waals surface area (Å²) in [6, 6.07) is 9.32. The van der Waals surface area contributed by atoms with Gasteiger partial charge in [0.1, 0.15) is 0 Å². The van der Waals surface area contributed by atoms with Gasteiger partial charge in [0.2, 0.25) is 11.1 Å².